The average Bonchev–Trinajstić information content (AvgIpc) is 0.686. The zero-order valence-corrected chi connectivity index (χ0v) is 64.6. The quantitative estimate of drug-likeness (QED) is 0.0365. The first kappa shape index (κ1) is 77.4. The Kier molecular flexibility index (Phi) is 30.1. The Balaban J connectivity index is 1.48. The van der Waals surface area contributed by atoms with Gasteiger partial charge in [-0.3, -0.25) is 24.5 Å². The second-order valence-corrected chi connectivity index (χ2v) is 33.6. The summed E-state index contributed by atoms with van der Waals surface area (Å²) in [6.07, 6.45) is 26.0. The van der Waals surface area contributed by atoms with E-state index in [-0.39, 0.29) is 16.7 Å². The Morgan fingerprint density at radius 3 is 1.69 bits per heavy atom. The molecule has 7 atom stereocenters. The van der Waals surface area contributed by atoms with Crippen molar-refractivity contribution in [2.75, 3.05) is 39.8 Å². The Morgan fingerprint density at radius 2 is 1.06 bits per heavy atom. The molecule has 5 aromatic carbocycles. The Labute approximate surface area is 591 Å². The van der Waals surface area contributed by atoms with Crippen LogP contribution in [0.4, 0.5) is 0 Å². The fraction of sp³-hybridized carbons (Fsp3) is 0.648. The third kappa shape index (κ3) is 20.2. The van der Waals surface area contributed by atoms with E-state index in [4.69, 9.17) is 0 Å². The molecule has 0 N–H and O–H groups in total. The van der Waals surface area contributed by atoms with Gasteiger partial charge in [0, 0.05) is 74.3 Å². The molecule has 7 unspecified atom stereocenters. The van der Waals surface area contributed by atoms with Crippen molar-refractivity contribution in [2.24, 2.45) is 29.1 Å². The van der Waals surface area contributed by atoms with E-state index in [1.165, 1.54) is 140 Å². The molecule has 0 amide bonds. The van der Waals surface area contributed by atoms with Gasteiger partial charge < -0.3 is 0 Å². The molecule has 1 aliphatic carbocycles. The number of piperidine rings is 2. The van der Waals surface area contributed by atoms with Crippen molar-refractivity contribution < 1.29 is 0 Å². The molecule has 3 aliphatic rings. The number of nitrogens with zero attached hydrogens (tertiary/aromatic N) is 5. The molecule has 8 rings (SSSR count). The first-order valence-electron chi connectivity index (χ1n) is 39.9. The van der Waals surface area contributed by atoms with Crippen LogP contribution in [0.5, 0.6) is 0 Å². The van der Waals surface area contributed by atoms with Crippen LogP contribution < -0.4 is 0 Å². The van der Waals surface area contributed by atoms with Gasteiger partial charge >= 0.3 is 0 Å². The van der Waals surface area contributed by atoms with Crippen molar-refractivity contribution in [3.63, 3.8) is 0 Å². The summed E-state index contributed by atoms with van der Waals surface area (Å²) in [7, 11) is 2.34. The lowest BCUT2D eigenvalue weighted by atomic mass is 9.39. The minimum Gasteiger partial charge on any atom is -0.300 e. The standard InChI is InChI=1S/C91H141N5/c1-18-86-44-25-27-56-96(86)68-77-35-28-34-76(58-77)57-74(14)47-48-88(82-40-29-36-78(59-82)66-94(20-3)87-45-22-21-23-46-87)91(54-51-71(8)9,85-43-31-38-80(61-85)65-93(19-2)63-72(10)11)89(16,52-49-69(4)5)90(53-50-70(6)7,83-41-30-37-79(60-83)64-92(17)73(12)13)84-42-32-39-81(62-84)67-95-55-26-24-33-75(95)15/h28-32,34-43,58-62,69-71,73-75,86-88H,10,18-27,33,44-57,63-68H2,1-9,11-17H3. The van der Waals surface area contributed by atoms with Gasteiger partial charge in [0.1, 0.15) is 0 Å². The van der Waals surface area contributed by atoms with Crippen LogP contribution in [0.3, 0.4) is 0 Å². The van der Waals surface area contributed by atoms with Crippen LogP contribution in [0, 0.1) is 29.1 Å². The zero-order valence-electron chi connectivity index (χ0n) is 64.6. The van der Waals surface area contributed by atoms with Crippen LogP contribution in [0.2, 0.25) is 0 Å². The molecule has 1 saturated carbocycles. The Morgan fingerprint density at radius 1 is 0.531 bits per heavy atom. The molecular weight excluding hydrogens is 1160 g/mol. The van der Waals surface area contributed by atoms with Gasteiger partial charge in [-0.25, -0.2) is 0 Å². The van der Waals surface area contributed by atoms with E-state index in [1.54, 1.807) is 11.1 Å². The Bertz CT molecular complexity index is 3090. The normalized spacial score (nSPS) is 19.8. The third-order valence-corrected chi connectivity index (χ3v) is 24.6. The lowest BCUT2D eigenvalue weighted by Gasteiger charge is -2.64. The van der Waals surface area contributed by atoms with Gasteiger partial charge in [0.2, 0.25) is 0 Å². The first-order valence-corrected chi connectivity index (χ1v) is 39.9. The third-order valence-electron chi connectivity index (χ3n) is 24.6. The maximum absolute atomic E-state index is 4.49. The van der Waals surface area contributed by atoms with Gasteiger partial charge in [0.25, 0.3) is 0 Å². The van der Waals surface area contributed by atoms with E-state index >= 15 is 0 Å². The van der Waals surface area contributed by atoms with Crippen molar-refractivity contribution in [3.05, 3.63) is 189 Å². The van der Waals surface area contributed by atoms with Crippen molar-refractivity contribution in [2.45, 2.75) is 312 Å². The van der Waals surface area contributed by atoms with E-state index < -0.39 is 5.41 Å². The molecule has 0 radical (unpaired) electrons. The van der Waals surface area contributed by atoms with Crippen molar-refractivity contribution in [3.8, 4) is 0 Å². The summed E-state index contributed by atoms with van der Waals surface area (Å²) in [6, 6.07) is 54.1. The van der Waals surface area contributed by atoms with Gasteiger partial charge in [-0.15, -0.1) is 0 Å². The Hall–Kier alpha value is -4.36. The summed E-state index contributed by atoms with van der Waals surface area (Å²) in [4.78, 5) is 13.7. The number of rotatable bonds is 38. The molecule has 5 nitrogen and oxygen atoms in total. The summed E-state index contributed by atoms with van der Waals surface area (Å²) < 4.78 is 0. The maximum atomic E-state index is 4.49. The summed E-state index contributed by atoms with van der Waals surface area (Å²) in [5, 5.41) is 0. The minimum absolute atomic E-state index is 0.191. The molecule has 3 fully saturated rings. The van der Waals surface area contributed by atoms with Crippen LogP contribution in [-0.4, -0.2) is 88.4 Å². The summed E-state index contributed by atoms with van der Waals surface area (Å²) in [6.45, 7) is 52.2. The van der Waals surface area contributed by atoms with E-state index in [1.807, 2.05) is 0 Å². The molecule has 5 aromatic rings. The van der Waals surface area contributed by atoms with Gasteiger partial charge in [0.05, 0.1) is 0 Å². The van der Waals surface area contributed by atoms with E-state index in [0.717, 1.165) is 110 Å². The molecular formula is C91H141N5. The number of hydrogen-bond donors (Lipinski definition) is 0. The van der Waals surface area contributed by atoms with Gasteiger partial charge in [0.15, 0.2) is 0 Å². The highest BCUT2D eigenvalue weighted by Crippen LogP contribution is 2.68. The second-order valence-electron chi connectivity index (χ2n) is 33.6. The number of likely N-dealkylation sites (N-methyl/N-ethyl adjacent to an activating group) is 1. The van der Waals surface area contributed by atoms with Gasteiger partial charge in [-0.1, -0.05) is 255 Å². The molecule has 0 aromatic heterocycles. The SMILES string of the molecule is C=C(C)CN(CC)Cc1cccc(C(CCC(C)C)(C(CCC(C)Cc2cccc(CN3CCCCC3CC)c2)c2cccc(CN(CC)C3CCCCC3)c2)C(C)(CCC(C)C)C(CCC(C)C)(c2cccc(CN(C)C(C)C)c2)c2cccc(CN3CCCCC3C)c2)c1. The van der Waals surface area contributed by atoms with Gasteiger partial charge in [-0.2, -0.15) is 0 Å². The monoisotopic (exact) mass is 1300 g/mol. The fourth-order valence-electron chi connectivity index (χ4n) is 18.7. The largest absolute Gasteiger partial charge is 0.300 e. The summed E-state index contributed by atoms with van der Waals surface area (Å²) in [5.41, 5.74) is 15.1. The first-order chi connectivity index (χ1) is 46.1. The zero-order chi connectivity index (χ0) is 69.0. The minimum atomic E-state index is -0.419. The molecule has 2 aliphatic heterocycles. The highest BCUT2D eigenvalue weighted by atomic mass is 15.2. The number of benzene rings is 5. The highest BCUT2D eigenvalue weighted by molar-refractivity contribution is 5.51. The predicted molar refractivity (Wildman–Crippen MR) is 417 cm³/mol. The molecule has 0 bridgehead atoms. The van der Waals surface area contributed by atoms with Crippen LogP contribution in [0.15, 0.2) is 133 Å². The molecule has 2 heterocycles. The second kappa shape index (κ2) is 37.4. The van der Waals surface area contributed by atoms with Crippen LogP contribution >= 0.6 is 0 Å². The highest BCUT2D eigenvalue weighted by Gasteiger charge is 2.64. The smallest absolute Gasteiger partial charge is 0.0265 e. The predicted octanol–water partition coefficient (Wildman–Crippen LogP) is 23.2. The van der Waals surface area contributed by atoms with Crippen LogP contribution in [-0.2, 0) is 50.0 Å². The van der Waals surface area contributed by atoms with Crippen molar-refractivity contribution >= 4 is 0 Å². The molecule has 96 heavy (non-hydrogen) atoms. The molecule has 530 valence electrons. The van der Waals surface area contributed by atoms with Crippen LogP contribution in [0.1, 0.15) is 294 Å². The van der Waals surface area contributed by atoms with Crippen molar-refractivity contribution in [1.29, 1.82) is 0 Å². The van der Waals surface area contributed by atoms with E-state index in [2.05, 4.69) is 263 Å². The molecule has 0 spiro atoms. The fourth-order valence-corrected chi connectivity index (χ4v) is 18.7. The van der Waals surface area contributed by atoms with Crippen molar-refractivity contribution in [1.82, 2.24) is 24.5 Å². The lowest BCUT2D eigenvalue weighted by molar-refractivity contribution is -0.00647. The van der Waals surface area contributed by atoms with Crippen LogP contribution in [0.25, 0.3) is 0 Å². The topological polar surface area (TPSA) is 16.2 Å². The summed E-state index contributed by atoms with van der Waals surface area (Å²) in [5.74, 6) is 2.21. The summed E-state index contributed by atoms with van der Waals surface area (Å²) >= 11 is 0. The van der Waals surface area contributed by atoms with E-state index in [0.29, 0.717) is 47.8 Å². The van der Waals surface area contributed by atoms with Gasteiger partial charge in [-0.05, 0) is 241 Å². The maximum Gasteiger partial charge on any atom is 0.0265 e. The lowest BCUT2D eigenvalue weighted by Crippen LogP contribution is -2.60. The number of hydrogen-bond acceptors (Lipinski definition) is 5. The molecule has 2 saturated heterocycles. The number of likely N-dealkylation sites (tertiary alicyclic amines) is 2. The van der Waals surface area contributed by atoms with E-state index in [9.17, 15) is 0 Å². The molecule has 5 heteroatoms. The average molecular weight is 1310 g/mol.